The van der Waals surface area contributed by atoms with Crippen molar-refractivity contribution in [2.75, 3.05) is 0 Å². The molecule has 2 N–H and O–H groups in total. The molecule has 0 saturated heterocycles. The number of benzene rings is 1. The highest BCUT2D eigenvalue weighted by Crippen LogP contribution is 2.10. The molecule has 0 radical (unpaired) electrons. The van der Waals surface area contributed by atoms with Crippen molar-refractivity contribution < 1.29 is 0 Å². The minimum atomic E-state index is 0.125. The van der Waals surface area contributed by atoms with Crippen LogP contribution in [0.3, 0.4) is 0 Å². The Bertz CT molecular complexity index is 307. The van der Waals surface area contributed by atoms with E-state index < -0.39 is 0 Å². The van der Waals surface area contributed by atoms with Crippen molar-refractivity contribution in [3.05, 3.63) is 41.5 Å². The Morgan fingerprint density at radius 2 is 1.73 bits per heavy atom. The fraction of sp³-hybridized carbons (Fsp3) is 0.429. The van der Waals surface area contributed by atoms with Gasteiger partial charge in [-0.1, -0.05) is 50.3 Å². The van der Waals surface area contributed by atoms with Crippen LogP contribution >= 0.6 is 0 Å². The van der Waals surface area contributed by atoms with Crippen LogP contribution < -0.4 is 5.73 Å². The van der Waals surface area contributed by atoms with Gasteiger partial charge in [0.05, 0.1) is 0 Å². The minimum absolute atomic E-state index is 0.125. The van der Waals surface area contributed by atoms with Crippen LogP contribution in [0.4, 0.5) is 0 Å². The van der Waals surface area contributed by atoms with E-state index in [4.69, 9.17) is 5.73 Å². The first-order valence-electron chi connectivity index (χ1n) is 5.60. The molecule has 0 bridgehead atoms. The van der Waals surface area contributed by atoms with Crippen molar-refractivity contribution in [3.8, 4) is 0 Å². The average molecular weight is 203 g/mol. The second-order valence-corrected chi connectivity index (χ2v) is 4.56. The first kappa shape index (κ1) is 12.0. The SMILES string of the molecule is CC(N)/C=C/c1ccc(CC(C)C)cc1. The molecule has 82 valence electrons. The first-order chi connectivity index (χ1) is 7.08. The van der Waals surface area contributed by atoms with E-state index in [1.54, 1.807) is 0 Å². The highest BCUT2D eigenvalue weighted by molar-refractivity contribution is 5.50. The van der Waals surface area contributed by atoms with E-state index in [0.29, 0.717) is 0 Å². The predicted octanol–water partition coefficient (Wildman–Crippen LogP) is 3.25. The van der Waals surface area contributed by atoms with Crippen molar-refractivity contribution in [2.24, 2.45) is 11.7 Å². The van der Waals surface area contributed by atoms with Gasteiger partial charge in [-0.2, -0.15) is 0 Å². The topological polar surface area (TPSA) is 26.0 Å². The molecule has 0 aliphatic heterocycles. The van der Waals surface area contributed by atoms with Gasteiger partial charge in [0.25, 0.3) is 0 Å². The van der Waals surface area contributed by atoms with Gasteiger partial charge in [-0.05, 0) is 30.4 Å². The molecular formula is C14H21N. The molecule has 1 aromatic carbocycles. The largest absolute Gasteiger partial charge is 0.325 e. The van der Waals surface area contributed by atoms with Gasteiger partial charge in [0, 0.05) is 6.04 Å². The molecule has 0 amide bonds. The summed E-state index contributed by atoms with van der Waals surface area (Å²) in [6.45, 7) is 6.46. The number of nitrogens with two attached hydrogens (primary N) is 1. The van der Waals surface area contributed by atoms with Crippen molar-refractivity contribution in [3.63, 3.8) is 0 Å². The van der Waals surface area contributed by atoms with Gasteiger partial charge in [0.1, 0.15) is 0 Å². The van der Waals surface area contributed by atoms with Gasteiger partial charge in [0.15, 0.2) is 0 Å². The Morgan fingerprint density at radius 3 is 2.20 bits per heavy atom. The maximum absolute atomic E-state index is 5.65. The normalized spacial score (nSPS) is 13.7. The summed E-state index contributed by atoms with van der Waals surface area (Å²) in [7, 11) is 0. The molecule has 0 aliphatic rings. The molecule has 0 aliphatic carbocycles. The van der Waals surface area contributed by atoms with E-state index in [2.05, 4.69) is 44.2 Å². The molecule has 1 aromatic rings. The van der Waals surface area contributed by atoms with Crippen LogP contribution in [0, 0.1) is 5.92 Å². The highest BCUT2D eigenvalue weighted by Gasteiger charge is 1.96. The third kappa shape index (κ3) is 4.80. The summed E-state index contributed by atoms with van der Waals surface area (Å²) < 4.78 is 0. The zero-order valence-electron chi connectivity index (χ0n) is 9.90. The standard InChI is InChI=1S/C14H21N/c1-11(2)10-14-8-6-13(7-9-14)5-4-12(3)15/h4-9,11-12H,10,15H2,1-3H3/b5-4+. The van der Waals surface area contributed by atoms with E-state index in [9.17, 15) is 0 Å². The second kappa shape index (κ2) is 5.72. The second-order valence-electron chi connectivity index (χ2n) is 4.56. The molecule has 0 fully saturated rings. The summed E-state index contributed by atoms with van der Waals surface area (Å²) in [6, 6.07) is 8.81. The molecule has 1 heteroatoms. The molecule has 0 aromatic heterocycles. The Labute approximate surface area is 93.0 Å². The molecular weight excluding hydrogens is 182 g/mol. The molecule has 0 heterocycles. The summed E-state index contributed by atoms with van der Waals surface area (Å²) in [5.41, 5.74) is 8.28. The van der Waals surface area contributed by atoms with E-state index in [1.807, 2.05) is 13.0 Å². The monoisotopic (exact) mass is 203 g/mol. The quantitative estimate of drug-likeness (QED) is 0.798. The van der Waals surface area contributed by atoms with Gasteiger partial charge in [-0.3, -0.25) is 0 Å². The highest BCUT2D eigenvalue weighted by atomic mass is 14.6. The lowest BCUT2D eigenvalue weighted by Crippen LogP contribution is -2.09. The Hall–Kier alpha value is -1.08. The molecule has 0 spiro atoms. The van der Waals surface area contributed by atoms with Crippen LogP contribution in [0.15, 0.2) is 30.3 Å². The van der Waals surface area contributed by atoms with E-state index >= 15 is 0 Å². The van der Waals surface area contributed by atoms with Gasteiger partial charge in [-0.25, -0.2) is 0 Å². The van der Waals surface area contributed by atoms with Crippen molar-refractivity contribution >= 4 is 6.08 Å². The average Bonchev–Trinajstić information content (AvgIpc) is 2.16. The third-order valence-corrected chi connectivity index (χ3v) is 2.22. The van der Waals surface area contributed by atoms with E-state index in [-0.39, 0.29) is 6.04 Å². The summed E-state index contributed by atoms with van der Waals surface area (Å²) in [5.74, 6) is 0.718. The van der Waals surface area contributed by atoms with E-state index in [0.717, 1.165) is 12.3 Å². The summed E-state index contributed by atoms with van der Waals surface area (Å²) in [4.78, 5) is 0. The lowest BCUT2D eigenvalue weighted by Gasteiger charge is -2.04. The fourth-order valence-electron chi connectivity index (χ4n) is 1.50. The van der Waals surface area contributed by atoms with Gasteiger partial charge in [0.2, 0.25) is 0 Å². The minimum Gasteiger partial charge on any atom is -0.325 e. The molecule has 1 atom stereocenters. The Balaban J connectivity index is 2.64. The Morgan fingerprint density at radius 1 is 1.13 bits per heavy atom. The number of hydrogen-bond acceptors (Lipinski definition) is 1. The predicted molar refractivity (Wildman–Crippen MR) is 67.7 cm³/mol. The van der Waals surface area contributed by atoms with Crippen LogP contribution in [0.25, 0.3) is 6.08 Å². The Kier molecular flexibility index (Phi) is 4.57. The lowest BCUT2D eigenvalue weighted by atomic mass is 10.0. The van der Waals surface area contributed by atoms with Crippen LogP contribution in [-0.4, -0.2) is 6.04 Å². The molecule has 1 rings (SSSR count). The zero-order valence-corrected chi connectivity index (χ0v) is 9.90. The van der Waals surface area contributed by atoms with Crippen LogP contribution in [0.5, 0.6) is 0 Å². The van der Waals surface area contributed by atoms with Crippen molar-refractivity contribution in [1.82, 2.24) is 0 Å². The fourth-order valence-corrected chi connectivity index (χ4v) is 1.50. The molecule has 1 nitrogen and oxygen atoms in total. The number of hydrogen-bond donors (Lipinski definition) is 1. The van der Waals surface area contributed by atoms with Crippen molar-refractivity contribution in [2.45, 2.75) is 33.2 Å². The van der Waals surface area contributed by atoms with Gasteiger partial charge in [-0.15, -0.1) is 0 Å². The molecule has 15 heavy (non-hydrogen) atoms. The lowest BCUT2D eigenvalue weighted by molar-refractivity contribution is 0.647. The maximum atomic E-state index is 5.65. The van der Waals surface area contributed by atoms with Crippen LogP contribution in [-0.2, 0) is 6.42 Å². The van der Waals surface area contributed by atoms with E-state index in [1.165, 1.54) is 11.1 Å². The molecule has 0 saturated carbocycles. The van der Waals surface area contributed by atoms with Gasteiger partial charge >= 0.3 is 0 Å². The van der Waals surface area contributed by atoms with Gasteiger partial charge < -0.3 is 5.73 Å². The first-order valence-corrected chi connectivity index (χ1v) is 5.60. The zero-order chi connectivity index (χ0) is 11.3. The smallest absolute Gasteiger partial charge is 0.0198 e. The summed E-state index contributed by atoms with van der Waals surface area (Å²) >= 11 is 0. The maximum Gasteiger partial charge on any atom is 0.0198 e. The number of rotatable bonds is 4. The van der Waals surface area contributed by atoms with Crippen LogP contribution in [0.1, 0.15) is 31.9 Å². The summed E-state index contributed by atoms with van der Waals surface area (Å²) in [5, 5.41) is 0. The van der Waals surface area contributed by atoms with Crippen LogP contribution in [0.2, 0.25) is 0 Å². The third-order valence-electron chi connectivity index (χ3n) is 2.22. The van der Waals surface area contributed by atoms with Crippen molar-refractivity contribution in [1.29, 1.82) is 0 Å². The molecule has 1 unspecified atom stereocenters. The summed E-state index contributed by atoms with van der Waals surface area (Å²) in [6.07, 6.45) is 5.23.